The predicted octanol–water partition coefficient (Wildman–Crippen LogP) is 7.37. The van der Waals surface area contributed by atoms with Gasteiger partial charge in [-0.3, -0.25) is 14.4 Å². The molecule has 0 bridgehead atoms. The number of carbonyl (C=O) groups excluding carboxylic acids is 2. The summed E-state index contributed by atoms with van der Waals surface area (Å²) in [6.07, 6.45) is 21.9. The summed E-state index contributed by atoms with van der Waals surface area (Å²) in [4.78, 5) is 36.3. The first kappa shape index (κ1) is 31.3. The average Bonchev–Trinajstić information content (AvgIpc) is 3.27. The molecule has 1 aliphatic rings. The Bertz CT molecular complexity index is 898. The standard InChI is InChI=1S/C31H47N3O4/c1-2-3-4-5-6-7-8-9-10-11-12-13-14-15-16-18-21-26(31(37)38)24-29(35)32-28-25-30(36)34(33-28)27-22-19-17-20-23-27/h12-13,17,19-20,22-23,26H,2-11,14-16,18,21,24-25H2,1H3,(H,37,38)(H,32,33,35)/b13-12+. The summed E-state index contributed by atoms with van der Waals surface area (Å²) in [6, 6.07) is 8.99. The Morgan fingerprint density at radius 3 is 2.11 bits per heavy atom. The normalized spacial score (nSPS) is 14.2. The van der Waals surface area contributed by atoms with Crippen LogP contribution >= 0.6 is 0 Å². The molecular formula is C31H47N3O4. The minimum atomic E-state index is -0.962. The summed E-state index contributed by atoms with van der Waals surface area (Å²) >= 11 is 0. The van der Waals surface area contributed by atoms with Gasteiger partial charge < -0.3 is 10.4 Å². The molecule has 0 aromatic heterocycles. The van der Waals surface area contributed by atoms with Gasteiger partial charge >= 0.3 is 5.97 Å². The molecule has 2 rings (SSSR count). The van der Waals surface area contributed by atoms with E-state index in [0.717, 1.165) is 32.1 Å². The van der Waals surface area contributed by atoms with E-state index in [1.807, 2.05) is 6.07 Å². The lowest BCUT2D eigenvalue weighted by molar-refractivity contribution is -0.144. The zero-order chi connectivity index (χ0) is 27.4. The van der Waals surface area contributed by atoms with E-state index in [2.05, 4.69) is 29.5 Å². The van der Waals surface area contributed by atoms with Crippen molar-refractivity contribution in [3.05, 3.63) is 42.5 Å². The van der Waals surface area contributed by atoms with Crippen LogP contribution in [0.15, 0.2) is 47.6 Å². The van der Waals surface area contributed by atoms with Gasteiger partial charge in [0.05, 0.1) is 18.0 Å². The first-order valence-electron chi connectivity index (χ1n) is 14.6. The number of rotatable bonds is 20. The fraction of sp³-hybridized carbons (Fsp3) is 0.613. The summed E-state index contributed by atoms with van der Waals surface area (Å²) in [5, 5.41) is 17.6. The van der Waals surface area contributed by atoms with E-state index < -0.39 is 17.8 Å². The van der Waals surface area contributed by atoms with Crippen LogP contribution in [0.4, 0.5) is 5.69 Å². The first-order chi connectivity index (χ1) is 18.5. The number of carbonyl (C=O) groups is 3. The van der Waals surface area contributed by atoms with Crippen LogP contribution in [0.5, 0.6) is 0 Å². The van der Waals surface area contributed by atoms with Crippen molar-refractivity contribution in [1.82, 2.24) is 5.32 Å². The number of nitrogens with zero attached hydrogens (tertiary/aromatic N) is 2. The molecular weight excluding hydrogens is 478 g/mol. The smallest absolute Gasteiger partial charge is 0.307 e. The number of hydrogen-bond donors (Lipinski definition) is 2. The van der Waals surface area contributed by atoms with Crippen LogP contribution in [0, 0.1) is 5.92 Å². The van der Waals surface area contributed by atoms with Crippen LogP contribution in [0.25, 0.3) is 0 Å². The lowest BCUT2D eigenvalue weighted by atomic mass is 9.97. The Hall–Kier alpha value is -2.96. The van der Waals surface area contributed by atoms with Crippen molar-refractivity contribution >= 4 is 29.3 Å². The molecule has 0 aliphatic carbocycles. The molecule has 210 valence electrons. The van der Waals surface area contributed by atoms with Crippen molar-refractivity contribution in [2.45, 2.75) is 116 Å². The van der Waals surface area contributed by atoms with Gasteiger partial charge in [-0.1, -0.05) is 101 Å². The van der Waals surface area contributed by atoms with Crippen molar-refractivity contribution < 1.29 is 19.5 Å². The molecule has 38 heavy (non-hydrogen) atoms. The highest BCUT2D eigenvalue weighted by Crippen LogP contribution is 2.20. The molecule has 7 nitrogen and oxygen atoms in total. The van der Waals surface area contributed by atoms with E-state index in [-0.39, 0.29) is 24.6 Å². The van der Waals surface area contributed by atoms with Crippen molar-refractivity contribution in [3.8, 4) is 0 Å². The monoisotopic (exact) mass is 525 g/mol. The number of allylic oxidation sites excluding steroid dienone is 2. The summed E-state index contributed by atoms with van der Waals surface area (Å²) in [7, 11) is 0. The molecule has 0 spiro atoms. The second-order valence-electron chi connectivity index (χ2n) is 10.3. The van der Waals surface area contributed by atoms with E-state index in [1.165, 1.54) is 62.8 Å². The molecule has 1 heterocycles. The van der Waals surface area contributed by atoms with Gasteiger partial charge in [0, 0.05) is 6.42 Å². The van der Waals surface area contributed by atoms with Crippen LogP contribution in [0.2, 0.25) is 0 Å². The second-order valence-corrected chi connectivity index (χ2v) is 10.3. The van der Waals surface area contributed by atoms with E-state index in [4.69, 9.17) is 0 Å². The lowest BCUT2D eigenvalue weighted by Gasteiger charge is -2.12. The average molecular weight is 526 g/mol. The number of amides is 2. The molecule has 0 fully saturated rings. The summed E-state index contributed by atoms with van der Waals surface area (Å²) < 4.78 is 0. The lowest BCUT2D eigenvalue weighted by Crippen LogP contribution is -2.32. The van der Waals surface area contributed by atoms with Crippen molar-refractivity contribution in [2.24, 2.45) is 11.0 Å². The summed E-state index contributed by atoms with van der Waals surface area (Å²) in [6.45, 7) is 2.26. The number of nitrogens with one attached hydrogen (secondary N) is 1. The van der Waals surface area contributed by atoms with Crippen LogP contribution in [0.3, 0.4) is 0 Å². The molecule has 1 aliphatic heterocycles. The number of anilines is 1. The second kappa shape index (κ2) is 19.2. The van der Waals surface area contributed by atoms with Gasteiger partial charge in [0.2, 0.25) is 5.91 Å². The maximum Gasteiger partial charge on any atom is 0.307 e. The minimum absolute atomic E-state index is 0.00891. The van der Waals surface area contributed by atoms with Gasteiger partial charge in [-0.15, -0.1) is 0 Å². The Labute approximate surface area is 228 Å². The van der Waals surface area contributed by atoms with Gasteiger partial charge in [-0.05, 0) is 44.2 Å². The maximum atomic E-state index is 12.4. The number of aliphatic carboxylic acids is 1. The Morgan fingerprint density at radius 2 is 1.50 bits per heavy atom. The number of unbranched alkanes of at least 4 members (excludes halogenated alkanes) is 12. The van der Waals surface area contributed by atoms with Crippen LogP contribution in [-0.2, 0) is 14.4 Å². The highest BCUT2D eigenvalue weighted by Gasteiger charge is 2.28. The maximum absolute atomic E-state index is 12.4. The van der Waals surface area contributed by atoms with E-state index in [1.54, 1.807) is 24.3 Å². The van der Waals surface area contributed by atoms with Gasteiger partial charge in [0.1, 0.15) is 5.84 Å². The highest BCUT2D eigenvalue weighted by molar-refractivity contribution is 6.15. The molecule has 2 N–H and O–H groups in total. The molecule has 0 radical (unpaired) electrons. The SMILES string of the molecule is CCCCCCCCCCC/C=C/CCCCCC(CC(=O)NC1=NN(c2ccccc2)C(=O)C1)C(=O)O. The number of amidine groups is 1. The number of benzene rings is 1. The van der Waals surface area contributed by atoms with Gasteiger partial charge in [0.15, 0.2) is 0 Å². The first-order valence-corrected chi connectivity index (χ1v) is 14.6. The number of carboxylic acids is 1. The zero-order valence-electron chi connectivity index (χ0n) is 23.2. The number of carboxylic acid groups (broad SMARTS) is 1. The quantitative estimate of drug-likeness (QED) is 0.137. The van der Waals surface area contributed by atoms with Crippen LogP contribution in [0.1, 0.15) is 116 Å². The third-order valence-corrected chi connectivity index (χ3v) is 6.91. The third kappa shape index (κ3) is 13.0. The molecule has 1 atom stereocenters. The van der Waals surface area contributed by atoms with Gasteiger partial charge in [-0.2, -0.15) is 10.1 Å². The molecule has 2 amide bonds. The van der Waals surface area contributed by atoms with E-state index in [9.17, 15) is 19.5 Å². The molecule has 0 saturated heterocycles. The Morgan fingerprint density at radius 1 is 0.921 bits per heavy atom. The van der Waals surface area contributed by atoms with Crippen LogP contribution < -0.4 is 10.3 Å². The molecule has 0 saturated carbocycles. The predicted molar refractivity (Wildman–Crippen MR) is 154 cm³/mol. The van der Waals surface area contributed by atoms with Crippen molar-refractivity contribution in [3.63, 3.8) is 0 Å². The summed E-state index contributed by atoms with van der Waals surface area (Å²) in [5.41, 5.74) is 0.628. The molecule has 1 unspecified atom stereocenters. The number of para-hydroxylation sites is 1. The zero-order valence-corrected chi connectivity index (χ0v) is 23.2. The fourth-order valence-electron chi connectivity index (χ4n) is 4.66. The van der Waals surface area contributed by atoms with Gasteiger partial charge in [-0.25, -0.2) is 0 Å². The van der Waals surface area contributed by atoms with E-state index >= 15 is 0 Å². The Kier molecular flexibility index (Phi) is 15.8. The summed E-state index contributed by atoms with van der Waals surface area (Å²) in [5.74, 6) is -2.10. The van der Waals surface area contributed by atoms with E-state index in [0.29, 0.717) is 12.1 Å². The Balaban J connectivity index is 1.54. The fourth-order valence-corrected chi connectivity index (χ4v) is 4.66. The molecule has 1 aromatic carbocycles. The largest absolute Gasteiger partial charge is 0.481 e. The van der Waals surface area contributed by atoms with Crippen molar-refractivity contribution in [2.75, 3.05) is 5.01 Å². The highest BCUT2D eigenvalue weighted by atomic mass is 16.4. The van der Waals surface area contributed by atoms with Crippen LogP contribution in [-0.4, -0.2) is 28.7 Å². The number of hydrazone groups is 1. The minimum Gasteiger partial charge on any atom is -0.481 e. The van der Waals surface area contributed by atoms with Gasteiger partial charge in [0.25, 0.3) is 5.91 Å². The number of hydrogen-bond acceptors (Lipinski definition) is 4. The third-order valence-electron chi connectivity index (χ3n) is 6.91. The van der Waals surface area contributed by atoms with Crippen molar-refractivity contribution in [1.29, 1.82) is 0 Å². The topological polar surface area (TPSA) is 99.1 Å². The molecule has 7 heteroatoms. The molecule has 1 aromatic rings.